The van der Waals surface area contributed by atoms with Crippen molar-refractivity contribution in [1.82, 2.24) is 0 Å². The highest BCUT2D eigenvalue weighted by Crippen LogP contribution is 2.28. The Morgan fingerprint density at radius 3 is 2.87 bits per heavy atom. The Kier molecular flexibility index (Phi) is 3.92. The van der Waals surface area contributed by atoms with Gasteiger partial charge in [-0.25, -0.2) is 0 Å². The molecule has 1 heterocycles. The molecule has 2 atom stereocenters. The summed E-state index contributed by atoms with van der Waals surface area (Å²) >= 11 is 0. The van der Waals surface area contributed by atoms with Crippen LogP contribution in [0.15, 0.2) is 22.8 Å². The van der Waals surface area contributed by atoms with Crippen LogP contribution in [-0.2, 0) is 9.53 Å². The topological polar surface area (TPSA) is 63.2 Å². The molecule has 0 bridgehead atoms. The van der Waals surface area contributed by atoms with Crippen molar-refractivity contribution in [3.8, 4) is 6.07 Å². The Morgan fingerprint density at radius 1 is 1.73 bits per heavy atom. The van der Waals surface area contributed by atoms with E-state index >= 15 is 0 Å². The Labute approximate surface area is 88.4 Å². The lowest BCUT2D eigenvalue weighted by atomic mass is 9.89. The number of ether oxygens (including phenoxy) is 1. The average Bonchev–Trinajstić information content (AvgIpc) is 2.77. The van der Waals surface area contributed by atoms with Gasteiger partial charge in [-0.1, -0.05) is 6.92 Å². The van der Waals surface area contributed by atoms with E-state index in [9.17, 15) is 4.79 Å². The van der Waals surface area contributed by atoms with E-state index in [1.54, 1.807) is 12.1 Å². The van der Waals surface area contributed by atoms with Gasteiger partial charge in [0, 0.05) is 5.92 Å². The fraction of sp³-hybridized carbons (Fsp3) is 0.455. The summed E-state index contributed by atoms with van der Waals surface area (Å²) in [5, 5.41) is 8.94. The first kappa shape index (κ1) is 11.3. The molecule has 15 heavy (non-hydrogen) atoms. The number of methoxy groups -OCH3 is 1. The van der Waals surface area contributed by atoms with Crippen molar-refractivity contribution >= 4 is 5.97 Å². The standard InChI is InChI=1S/C11H13NO3/c1-3-8(10-5-4-6-15-10)9(7-12)11(13)14-2/h4-6,8-9H,3H2,1-2H3. The maximum atomic E-state index is 11.4. The molecule has 4 heteroatoms. The third-order valence-electron chi connectivity index (χ3n) is 2.35. The van der Waals surface area contributed by atoms with Gasteiger partial charge in [-0.05, 0) is 18.6 Å². The highest BCUT2D eigenvalue weighted by atomic mass is 16.5. The van der Waals surface area contributed by atoms with Gasteiger partial charge in [-0.15, -0.1) is 0 Å². The minimum absolute atomic E-state index is 0.238. The van der Waals surface area contributed by atoms with Crippen LogP contribution < -0.4 is 0 Å². The third-order valence-corrected chi connectivity index (χ3v) is 2.35. The first-order valence-corrected chi connectivity index (χ1v) is 4.75. The van der Waals surface area contributed by atoms with E-state index in [-0.39, 0.29) is 5.92 Å². The Balaban J connectivity index is 2.91. The van der Waals surface area contributed by atoms with Gasteiger partial charge >= 0.3 is 5.97 Å². The largest absolute Gasteiger partial charge is 0.469 e. The average molecular weight is 207 g/mol. The van der Waals surface area contributed by atoms with Crippen LogP contribution in [0, 0.1) is 17.2 Å². The summed E-state index contributed by atoms with van der Waals surface area (Å²) in [6.07, 6.45) is 2.19. The van der Waals surface area contributed by atoms with Crippen LogP contribution >= 0.6 is 0 Å². The lowest BCUT2D eigenvalue weighted by molar-refractivity contribution is -0.144. The zero-order valence-corrected chi connectivity index (χ0v) is 8.77. The number of esters is 1. The van der Waals surface area contributed by atoms with E-state index in [0.29, 0.717) is 12.2 Å². The molecule has 0 saturated carbocycles. The van der Waals surface area contributed by atoms with Crippen LogP contribution in [0.4, 0.5) is 0 Å². The lowest BCUT2D eigenvalue weighted by Crippen LogP contribution is -2.21. The highest BCUT2D eigenvalue weighted by molar-refractivity contribution is 5.76. The van der Waals surface area contributed by atoms with Gasteiger partial charge in [-0.3, -0.25) is 4.79 Å². The van der Waals surface area contributed by atoms with Crippen molar-refractivity contribution < 1.29 is 13.9 Å². The quantitative estimate of drug-likeness (QED) is 0.709. The SMILES string of the molecule is CCC(c1ccco1)C(C#N)C(=O)OC. The molecule has 0 radical (unpaired) electrons. The molecule has 1 rings (SSSR count). The molecule has 0 aliphatic rings. The van der Waals surface area contributed by atoms with Crippen molar-refractivity contribution in [3.63, 3.8) is 0 Å². The van der Waals surface area contributed by atoms with E-state index in [4.69, 9.17) is 9.68 Å². The van der Waals surface area contributed by atoms with Gasteiger partial charge in [0.1, 0.15) is 5.76 Å². The number of nitriles is 1. The van der Waals surface area contributed by atoms with Crippen LogP contribution in [0.1, 0.15) is 25.0 Å². The van der Waals surface area contributed by atoms with Gasteiger partial charge in [0.05, 0.1) is 19.4 Å². The summed E-state index contributed by atoms with van der Waals surface area (Å²) in [6.45, 7) is 1.90. The van der Waals surface area contributed by atoms with Gasteiger partial charge in [0.15, 0.2) is 5.92 Å². The van der Waals surface area contributed by atoms with Gasteiger partial charge < -0.3 is 9.15 Å². The first-order chi connectivity index (χ1) is 7.24. The molecule has 4 nitrogen and oxygen atoms in total. The molecule has 0 N–H and O–H groups in total. The molecule has 0 saturated heterocycles. The van der Waals surface area contributed by atoms with Crippen LogP contribution in [0.25, 0.3) is 0 Å². The molecule has 1 aromatic heterocycles. The summed E-state index contributed by atoms with van der Waals surface area (Å²) < 4.78 is 9.79. The zero-order valence-electron chi connectivity index (χ0n) is 8.77. The molecule has 0 fully saturated rings. The number of rotatable bonds is 4. The van der Waals surface area contributed by atoms with Crippen LogP contribution in [0.2, 0.25) is 0 Å². The zero-order chi connectivity index (χ0) is 11.3. The molecule has 0 aliphatic heterocycles. The fourth-order valence-corrected chi connectivity index (χ4v) is 1.54. The van der Waals surface area contributed by atoms with E-state index in [2.05, 4.69) is 4.74 Å². The van der Waals surface area contributed by atoms with E-state index < -0.39 is 11.9 Å². The molecule has 0 spiro atoms. The smallest absolute Gasteiger partial charge is 0.323 e. The molecule has 1 aromatic rings. The van der Waals surface area contributed by atoms with Crippen molar-refractivity contribution in [2.45, 2.75) is 19.3 Å². The molecule has 0 amide bonds. The van der Waals surface area contributed by atoms with E-state index in [1.807, 2.05) is 13.0 Å². The minimum atomic E-state index is -0.800. The first-order valence-electron chi connectivity index (χ1n) is 4.75. The minimum Gasteiger partial charge on any atom is -0.469 e. The van der Waals surface area contributed by atoms with E-state index in [0.717, 1.165) is 0 Å². The van der Waals surface area contributed by atoms with E-state index in [1.165, 1.54) is 13.4 Å². The predicted octanol–water partition coefficient (Wildman–Crippen LogP) is 2.09. The number of carbonyl (C=O) groups excluding carboxylic acids is 1. The third kappa shape index (κ3) is 2.38. The van der Waals surface area contributed by atoms with Gasteiger partial charge in [0.25, 0.3) is 0 Å². The monoisotopic (exact) mass is 207 g/mol. The summed E-state index contributed by atoms with van der Waals surface area (Å²) in [5.41, 5.74) is 0. The Bertz CT molecular complexity index is 350. The van der Waals surface area contributed by atoms with Crippen molar-refractivity contribution in [3.05, 3.63) is 24.2 Å². The number of furan rings is 1. The molecular formula is C11H13NO3. The Hall–Kier alpha value is -1.76. The second-order valence-electron chi connectivity index (χ2n) is 3.16. The number of nitrogens with zero attached hydrogens (tertiary/aromatic N) is 1. The van der Waals surface area contributed by atoms with Crippen LogP contribution in [-0.4, -0.2) is 13.1 Å². The van der Waals surface area contributed by atoms with Crippen molar-refractivity contribution in [2.24, 2.45) is 5.92 Å². The maximum Gasteiger partial charge on any atom is 0.323 e. The lowest BCUT2D eigenvalue weighted by Gasteiger charge is -2.15. The summed E-state index contributed by atoms with van der Waals surface area (Å²) in [7, 11) is 1.28. The summed E-state index contributed by atoms with van der Waals surface area (Å²) in [6, 6.07) is 5.46. The van der Waals surface area contributed by atoms with Gasteiger partial charge in [0.2, 0.25) is 0 Å². The van der Waals surface area contributed by atoms with Crippen LogP contribution in [0.5, 0.6) is 0 Å². The number of hydrogen-bond donors (Lipinski definition) is 0. The van der Waals surface area contributed by atoms with Gasteiger partial charge in [-0.2, -0.15) is 5.26 Å². The normalized spacial score (nSPS) is 13.9. The second-order valence-corrected chi connectivity index (χ2v) is 3.16. The molecular weight excluding hydrogens is 194 g/mol. The molecule has 0 aromatic carbocycles. The maximum absolute atomic E-state index is 11.4. The van der Waals surface area contributed by atoms with Crippen molar-refractivity contribution in [1.29, 1.82) is 5.26 Å². The fourth-order valence-electron chi connectivity index (χ4n) is 1.54. The van der Waals surface area contributed by atoms with Crippen LogP contribution in [0.3, 0.4) is 0 Å². The molecule has 0 aliphatic carbocycles. The summed E-state index contributed by atoms with van der Waals surface area (Å²) in [5.74, 6) is -0.904. The summed E-state index contributed by atoms with van der Waals surface area (Å²) in [4.78, 5) is 11.4. The molecule has 80 valence electrons. The Morgan fingerprint density at radius 2 is 2.47 bits per heavy atom. The molecule has 2 unspecified atom stereocenters. The number of carbonyl (C=O) groups is 1. The predicted molar refractivity (Wildman–Crippen MR) is 52.9 cm³/mol. The number of hydrogen-bond acceptors (Lipinski definition) is 4. The highest BCUT2D eigenvalue weighted by Gasteiger charge is 2.30. The van der Waals surface area contributed by atoms with Crippen molar-refractivity contribution in [2.75, 3.05) is 7.11 Å². The second kappa shape index (κ2) is 5.20.